The van der Waals surface area contributed by atoms with E-state index in [4.69, 9.17) is 24.7 Å². The molecule has 2 heterocycles. The van der Waals surface area contributed by atoms with Crippen molar-refractivity contribution in [3.8, 4) is 22.6 Å². The topological polar surface area (TPSA) is 114 Å². The van der Waals surface area contributed by atoms with Gasteiger partial charge in [0.2, 0.25) is 5.91 Å². The van der Waals surface area contributed by atoms with Crippen molar-refractivity contribution in [2.45, 2.75) is 29.3 Å². The molecule has 0 aromatic heterocycles. The van der Waals surface area contributed by atoms with E-state index in [9.17, 15) is 13.2 Å². The summed E-state index contributed by atoms with van der Waals surface area (Å²) in [5.41, 5.74) is 7.14. The summed E-state index contributed by atoms with van der Waals surface area (Å²) < 4.78 is 48.3. The van der Waals surface area contributed by atoms with Crippen LogP contribution in [0.5, 0.6) is 11.5 Å². The molecule has 0 saturated carbocycles. The van der Waals surface area contributed by atoms with Crippen LogP contribution < -0.4 is 15.2 Å². The summed E-state index contributed by atoms with van der Waals surface area (Å²) in [4.78, 5) is 11.7. The van der Waals surface area contributed by atoms with Crippen LogP contribution in [-0.4, -0.2) is 58.2 Å². The molecule has 1 amide bonds. The van der Waals surface area contributed by atoms with Crippen LogP contribution in [0.1, 0.15) is 10.4 Å². The number of benzene rings is 3. The van der Waals surface area contributed by atoms with Crippen molar-refractivity contribution in [2.75, 3.05) is 19.5 Å². The van der Waals surface area contributed by atoms with Gasteiger partial charge in [-0.1, -0.05) is 36.4 Å². The summed E-state index contributed by atoms with van der Waals surface area (Å²) in [5.74, 6) is 0.628. The van der Waals surface area contributed by atoms with Gasteiger partial charge in [0.1, 0.15) is 23.7 Å². The third-order valence-corrected chi connectivity index (χ3v) is 7.26. The standard InChI is InChI=1S/C26H25NO7S/c1-35(29,30)23-8-3-2-7-20(23)16-9-11-18(12-10-16)33-21-14-31-25-22(15-32-24(21)25)34-19-6-4-5-17(13-19)26(27)28/h2-13,21-22,24-25H,14-15H2,1H3,(H2,27,28)/t21-,22+,24-,25-/m1/s1. The summed E-state index contributed by atoms with van der Waals surface area (Å²) in [6, 6.07) is 20.9. The van der Waals surface area contributed by atoms with Gasteiger partial charge in [-0.05, 0) is 42.0 Å². The van der Waals surface area contributed by atoms with E-state index in [1.807, 2.05) is 18.2 Å². The molecule has 5 rings (SSSR count). The number of ether oxygens (including phenoxy) is 4. The average molecular weight is 496 g/mol. The minimum absolute atomic E-state index is 0.285. The summed E-state index contributed by atoms with van der Waals surface area (Å²) in [6.07, 6.45) is -0.0678. The second-order valence-electron chi connectivity index (χ2n) is 8.59. The maximum Gasteiger partial charge on any atom is 0.248 e. The first-order chi connectivity index (χ1) is 16.8. The van der Waals surface area contributed by atoms with Gasteiger partial charge in [-0.3, -0.25) is 4.79 Å². The predicted octanol–water partition coefficient (Wildman–Crippen LogP) is 2.85. The fraction of sp³-hybridized carbons (Fsp3) is 0.269. The predicted molar refractivity (Wildman–Crippen MR) is 128 cm³/mol. The number of primary amides is 1. The molecule has 2 aliphatic rings. The number of fused-ring (bicyclic) bond motifs is 1. The lowest BCUT2D eigenvalue weighted by atomic mass is 10.1. The Hall–Kier alpha value is -3.40. The molecule has 2 saturated heterocycles. The van der Waals surface area contributed by atoms with E-state index >= 15 is 0 Å². The maximum absolute atomic E-state index is 12.1. The SMILES string of the molecule is CS(=O)(=O)c1ccccc1-c1ccc(O[C@@H]2CO[C@H]3[C@@H]2OC[C@@H]3Oc2cccc(C(N)=O)c2)cc1. The first-order valence-electron chi connectivity index (χ1n) is 11.2. The Balaban J connectivity index is 1.25. The van der Waals surface area contributed by atoms with E-state index in [1.165, 1.54) is 6.26 Å². The number of hydrogen-bond donors (Lipinski definition) is 1. The third-order valence-electron chi connectivity index (χ3n) is 6.11. The fourth-order valence-electron chi connectivity index (χ4n) is 4.44. The van der Waals surface area contributed by atoms with Crippen LogP contribution in [0.3, 0.4) is 0 Å². The minimum Gasteiger partial charge on any atom is -0.485 e. The Kier molecular flexibility index (Phi) is 6.22. The number of carbonyl (C=O) groups excluding carboxylic acids is 1. The van der Waals surface area contributed by atoms with Gasteiger partial charge < -0.3 is 24.7 Å². The monoisotopic (exact) mass is 495 g/mol. The normalized spacial score (nSPS) is 23.6. The molecule has 9 heteroatoms. The molecule has 0 aliphatic carbocycles. The Labute approximate surface area is 203 Å². The van der Waals surface area contributed by atoms with Crippen molar-refractivity contribution < 1.29 is 32.2 Å². The molecule has 3 aromatic carbocycles. The quantitative estimate of drug-likeness (QED) is 0.536. The Morgan fingerprint density at radius 2 is 1.49 bits per heavy atom. The maximum atomic E-state index is 12.1. The number of sulfone groups is 1. The van der Waals surface area contributed by atoms with E-state index in [2.05, 4.69) is 0 Å². The molecular weight excluding hydrogens is 470 g/mol. The van der Waals surface area contributed by atoms with Gasteiger partial charge in [-0.15, -0.1) is 0 Å². The molecule has 35 heavy (non-hydrogen) atoms. The smallest absolute Gasteiger partial charge is 0.248 e. The number of carbonyl (C=O) groups is 1. The Morgan fingerprint density at radius 1 is 0.857 bits per heavy atom. The van der Waals surface area contributed by atoms with Crippen LogP contribution in [0, 0.1) is 0 Å². The highest BCUT2D eigenvalue weighted by Gasteiger charge is 2.50. The van der Waals surface area contributed by atoms with Gasteiger partial charge in [0.25, 0.3) is 0 Å². The van der Waals surface area contributed by atoms with Crippen LogP contribution in [-0.2, 0) is 19.3 Å². The van der Waals surface area contributed by atoms with Gasteiger partial charge >= 0.3 is 0 Å². The molecule has 2 fully saturated rings. The number of rotatable bonds is 7. The van der Waals surface area contributed by atoms with Crippen LogP contribution in [0.2, 0.25) is 0 Å². The summed E-state index contributed by atoms with van der Waals surface area (Å²) >= 11 is 0. The van der Waals surface area contributed by atoms with Crippen molar-refractivity contribution in [1.29, 1.82) is 0 Å². The highest BCUT2D eigenvalue weighted by Crippen LogP contribution is 2.34. The second-order valence-corrected chi connectivity index (χ2v) is 10.6. The molecule has 0 bridgehead atoms. The van der Waals surface area contributed by atoms with E-state index in [-0.39, 0.29) is 29.3 Å². The van der Waals surface area contributed by atoms with Crippen LogP contribution >= 0.6 is 0 Å². The van der Waals surface area contributed by atoms with E-state index in [1.54, 1.807) is 54.6 Å². The molecule has 8 nitrogen and oxygen atoms in total. The molecule has 2 aliphatic heterocycles. The minimum atomic E-state index is -3.35. The number of nitrogens with two attached hydrogens (primary N) is 1. The lowest BCUT2D eigenvalue weighted by Gasteiger charge is -2.19. The summed E-state index contributed by atoms with van der Waals surface area (Å²) in [7, 11) is -3.35. The van der Waals surface area contributed by atoms with Crippen molar-refractivity contribution in [1.82, 2.24) is 0 Å². The van der Waals surface area contributed by atoms with Crippen molar-refractivity contribution in [3.05, 3.63) is 78.4 Å². The molecule has 0 radical (unpaired) electrons. The highest BCUT2D eigenvalue weighted by molar-refractivity contribution is 7.90. The zero-order valence-corrected chi connectivity index (χ0v) is 19.8. The van der Waals surface area contributed by atoms with E-state index in [0.29, 0.717) is 35.8 Å². The highest BCUT2D eigenvalue weighted by atomic mass is 32.2. The van der Waals surface area contributed by atoms with Gasteiger partial charge in [0, 0.05) is 17.4 Å². The molecule has 2 N–H and O–H groups in total. The zero-order chi connectivity index (χ0) is 24.6. The average Bonchev–Trinajstić information content (AvgIpc) is 3.42. The lowest BCUT2D eigenvalue weighted by molar-refractivity contribution is 0.0181. The van der Waals surface area contributed by atoms with Gasteiger partial charge in [-0.2, -0.15) is 0 Å². The molecule has 0 spiro atoms. The van der Waals surface area contributed by atoms with Crippen LogP contribution in [0.25, 0.3) is 11.1 Å². The van der Waals surface area contributed by atoms with Crippen molar-refractivity contribution in [3.63, 3.8) is 0 Å². The molecule has 4 atom stereocenters. The Bertz CT molecular complexity index is 1340. The summed E-state index contributed by atoms with van der Waals surface area (Å²) in [5, 5.41) is 0. The van der Waals surface area contributed by atoms with Crippen LogP contribution in [0.15, 0.2) is 77.7 Å². The third kappa shape index (κ3) is 4.88. The van der Waals surface area contributed by atoms with Crippen molar-refractivity contribution in [2.24, 2.45) is 5.73 Å². The zero-order valence-electron chi connectivity index (χ0n) is 19.0. The van der Waals surface area contributed by atoms with E-state index in [0.717, 1.165) is 5.56 Å². The molecule has 0 unspecified atom stereocenters. The molecule has 182 valence electrons. The van der Waals surface area contributed by atoms with E-state index < -0.39 is 15.7 Å². The Morgan fingerprint density at radius 3 is 2.11 bits per heavy atom. The van der Waals surface area contributed by atoms with Crippen LogP contribution in [0.4, 0.5) is 0 Å². The fourth-order valence-corrected chi connectivity index (χ4v) is 5.36. The molecular formula is C26H25NO7S. The largest absolute Gasteiger partial charge is 0.485 e. The van der Waals surface area contributed by atoms with Gasteiger partial charge in [-0.25, -0.2) is 8.42 Å². The first kappa shape index (κ1) is 23.3. The second kappa shape index (κ2) is 9.33. The lowest BCUT2D eigenvalue weighted by Crippen LogP contribution is -2.36. The first-order valence-corrected chi connectivity index (χ1v) is 13.0. The number of amides is 1. The van der Waals surface area contributed by atoms with Gasteiger partial charge in [0.15, 0.2) is 22.0 Å². The number of hydrogen-bond acceptors (Lipinski definition) is 7. The summed E-state index contributed by atoms with van der Waals surface area (Å²) in [6.45, 7) is 0.673. The van der Waals surface area contributed by atoms with Crippen molar-refractivity contribution >= 4 is 15.7 Å². The van der Waals surface area contributed by atoms with Gasteiger partial charge in [0.05, 0.1) is 18.1 Å². The molecule has 3 aromatic rings.